The molecule has 0 N–H and O–H groups in total. The first-order valence-corrected chi connectivity index (χ1v) is 4.19. The molecule has 2 nitrogen and oxygen atoms in total. The van der Waals surface area contributed by atoms with E-state index in [9.17, 15) is 0 Å². The lowest BCUT2D eigenvalue weighted by Crippen LogP contribution is -2.03. The summed E-state index contributed by atoms with van der Waals surface area (Å²) in [6, 6.07) is 0. The van der Waals surface area contributed by atoms with Crippen LogP contribution in [0.3, 0.4) is 0 Å². The zero-order valence-electron chi connectivity index (χ0n) is 7.38. The van der Waals surface area contributed by atoms with Gasteiger partial charge in [-0.3, -0.25) is 0 Å². The number of allylic oxidation sites excluding steroid dienone is 2. The number of hydrogen-bond acceptors (Lipinski definition) is 2. The van der Waals surface area contributed by atoms with Crippen molar-refractivity contribution in [1.82, 2.24) is 5.01 Å². The van der Waals surface area contributed by atoms with Crippen LogP contribution in [-0.4, -0.2) is 25.3 Å². The molecule has 0 aromatic rings. The molecule has 0 saturated heterocycles. The van der Waals surface area contributed by atoms with Crippen LogP contribution in [0.4, 0.5) is 0 Å². The fraction of sp³-hybridized carbons (Fsp3) is 0.667. The van der Waals surface area contributed by atoms with Crippen LogP contribution in [0.15, 0.2) is 16.8 Å². The molecule has 1 aliphatic rings. The van der Waals surface area contributed by atoms with Crippen molar-refractivity contribution in [2.75, 3.05) is 14.1 Å². The van der Waals surface area contributed by atoms with Gasteiger partial charge in [0.2, 0.25) is 0 Å². The van der Waals surface area contributed by atoms with Gasteiger partial charge in [0, 0.05) is 20.3 Å². The Bertz CT molecular complexity index is 168. The third kappa shape index (κ3) is 3.21. The Morgan fingerprint density at radius 3 is 2.82 bits per heavy atom. The summed E-state index contributed by atoms with van der Waals surface area (Å²) < 4.78 is 0. The van der Waals surface area contributed by atoms with Crippen LogP contribution in [0, 0.1) is 0 Å². The molecule has 0 aromatic heterocycles. The second kappa shape index (κ2) is 4.16. The molecule has 0 amide bonds. The van der Waals surface area contributed by atoms with E-state index < -0.39 is 0 Å². The maximum Gasteiger partial charge on any atom is 0.0499 e. The lowest BCUT2D eigenvalue weighted by Gasteiger charge is -2.09. The van der Waals surface area contributed by atoms with Crippen LogP contribution in [0.25, 0.3) is 0 Å². The minimum Gasteiger partial charge on any atom is -0.303 e. The van der Waals surface area contributed by atoms with Crippen molar-refractivity contribution in [3.05, 3.63) is 11.6 Å². The van der Waals surface area contributed by atoms with Gasteiger partial charge in [-0.05, 0) is 31.3 Å². The Labute approximate surface area is 68.6 Å². The van der Waals surface area contributed by atoms with Crippen molar-refractivity contribution in [2.24, 2.45) is 5.10 Å². The molecule has 0 radical (unpaired) electrons. The molecular formula is C9H16N2. The molecule has 0 aliphatic heterocycles. The predicted octanol–water partition coefficient (Wildman–Crippen LogP) is 2.03. The Morgan fingerprint density at radius 1 is 1.45 bits per heavy atom. The van der Waals surface area contributed by atoms with Crippen LogP contribution < -0.4 is 0 Å². The molecule has 0 spiro atoms. The van der Waals surface area contributed by atoms with Crippen LogP contribution in [0.5, 0.6) is 0 Å². The molecule has 0 saturated carbocycles. The molecule has 0 fully saturated rings. The molecule has 0 heterocycles. The van der Waals surface area contributed by atoms with Crippen LogP contribution in [0.1, 0.15) is 25.7 Å². The summed E-state index contributed by atoms with van der Waals surface area (Å²) >= 11 is 0. The van der Waals surface area contributed by atoms with Gasteiger partial charge in [0.05, 0.1) is 0 Å². The number of hydrogen-bond donors (Lipinski definition) is 0. The fourth-order valence-corrected chi connectivity index (χ4v) is 1.17. The van der Waals surface area contributed by atoms with E-state index in [2.05, 4.69) is 11.2 Å². The van der Waals surface area contributed by atoms with Crippen molar-refractivity contribution < 1.29 is 0 Å². The van der Waals surface area contributed by atoms with Gasteiger partial charge in [0.1, 0.15) is 0 Å². The first-order chi connectivity index (χ1) is 5.29. The second-order valence-electron chi connectivity index (χ2n) is 3.12. The highest BCUT2D eigenvalue weighted by Crippen LogP contribution is 2.15. The Morgan fingerprint density at radius 2 is 2.27 bits per heavy atom. The summed E-state index contributed by atoms with van der Waals surface area (Å²) in [4.78, 5) is 0. The minimum absolute atomic E-state index is 1.21. The predicted molar refractivity (Wildman–Crippen MR) is 48.7 cm³/mol. The number of rotatable bonds is 2. The van der Waals surface area contributed by atoms with E-state index in [0.29, 0.717) is 0 Å². The average molecular weight is 152 g/mol. The van der Waals surface area contributed by atoms with Crippen molar-refractivity contribution >= 4 is 6.21 Å². The minimum atomic E-state index is 1.21. The van der Waals surface area contributed by atoms with E-state index in [1.54, 1.807) is 0 Å². The van der Waals surface area contributed by atoms with Gasteiger partial charge >= 0.3 is 0 Å². The monoisotopic (exact) mass is 152 g/mol. The van der Waals surface area contributed by atoms with E-state index in [0.717, 1.165) is 0 Å². The highest BCUT2D eigenvalue weighted by atomic mass is 15.4. The van der Waals surface area contributed by atoms with E-state index in [-0.39, 0.29) is 0 Å². The molecule has 0 aromatic carbocycles. The Balaban J connectivity index is 2.41. The molecule has 11 heavy (non-hydrogen) atoms. The summed E-state index contributed by atoms with van der Waals surface area (Å²) in [5, 5.41) is 6.02. The second-order valence-corrected chi connectivity index (χ2v) is 3.12. The van der Waals surface area contributed by atoms with Gasteiger partial charge in [-0.1, -0.05) is 6.08 Å². The van der Waals surface area contributed by atoms with Crippen molar-refractivity contribution in [2.45, 2.75) is 25.7 Å². The third-order valence-electron chi connectivity index (χ3n) is 1.78. The molecule has 62 valence electrons. The average Bonchev–Trinajstić information content (AvgIpc) is 2.03. The fourth-order valence-electron chi connectivity index (χ4n) is 1.17. The summed E-state index contributed by atoms with van der Waals surface area (Å²) in [5.74, 6) is 0. The topological polar surface area (TPSA) is 15.6 Å². The van der Waals surface area contributed by atoms with Gasteiger partial charge in [0.25, 0.3) is 0 Å². The Hall–Kier alpha value is -0.790. The van der Waals surface area contributed by atoms with E-state index >= 15 is 0 Å². The van der Waals surface area contributed by atoms with Crippen molar-refractivity contribution in [1.29, 1.82) is 0 Å². The van der Waals surface area contributed by atoms with E-state index in [1.165, 1.54) is 31.3 Å². The van der Waals surface area contributed by atoms with Crippen molar-refractivity contribution in [3.63, 3.8) is 0 Å². The van der Waals surface area contributed by atoms with E-state index in [1.807, 2.05) is 25.3 Å². The summed E-state index contributed by atoms with van der Waals surface area (Å²) in [5.41, 5.74) is 1.39. The zero-order valence-corrected chi connectivity index (χ0v) is 7.38. The van der Waals surface area contributed by atoms with Crippen molar-refractivity contribution in [3.8, 4) is 0 Å². The maximum absolute atomic E-state index is 4.19. The van der Waals surface area contributed by atoms with Gasteiger partial charge in [-0.25, -0.2) is 0 Å². The molecule has 2 heteroatoms. The lowest BCUT2D eigenvalue weighted by molar-refractivity contribution is 0.440. The van der Waals surface area contributed by atoms with E-state index in [4.69, 9.17) is 0 Å². The van der Waals surface area contributed by atoms with Crippen LogP contribution in [0.2, 0.25) is 0 Å². The van der Waals surface area contributed by atoms with Gasteiger partial charge in [0.15, 0.2) is 0 Å². The number of hydrazone groups is 1. The summed E-state index contributed by atoms with van der Waals surface area (Å²) in [7, 11) is 3.89. The highest BCUT2D eigenvalue weighted by molar-refractivity contribution is 5.78. The number of nitrogens with zero attached hydrogens (tertiary/aromatic N) is 2. The highest BCUT2D eigenvalue weighted by Gasteiger charge is 1.99. The molecule has 0 unspecified atom stereocenters. The summed E-state index contributed by atoms with van der Waals surface area (Å²) in [6.45, 7) is 0. The van der Waals surface area contributed by atoms with Crippen LogP contribution >= 0.6 is 0 Å². The maximum atomic E-state index is 4.19. The lowest BCUT2D eigenvalue weighted by atomic mass is 10.0. The Kier molecular flexibility index (Phi) is 3.14. The largest absolute Gasteiger partial charge is 0.303 e. The molecule has 0 bridgehead atoms. The quantitative estimate of drug-likeness (QED) is 0.436. The molecule has 1 aliphatic carbocycles. The van der Waals surface area contributed by atoms with Gasteiger partial charge in [-0.2, -0.15) is 5.10 Å². The normalized spacial score (nSPS) is 18.5. The standard InChI is InChI=1S/C9H16N2/c1-11(2)10-8-9-6-4-3-5-7-9/h6,8H,3-5,7H2,1-2H3/b10-8-. The first-order valence-electron chi connectivity index (χ1n) is 4.19. The first kappa shape index (κ1) is 8.31. The molecule has 0 atom stereocenters. The SMILES string of the molecule is CN(C)/N=C\C1=CCCCC1. The third-order valence-corrected chi connectivity index (χ3v) is 1.78. The van der Waals surface area contributed by atoms with Gasteiger partial charge in [-0.15, -0.1) is 0 Å². The zero-order chi connectivity index (χ0) is 8.10. The summed E-state index contributed by atoms with van der Waals surface area (Å²) in [6.07, 6.45) is 9.37. The smallest absolute Gasteiger partial charge is 0.0499 e. The molecule has 1 rings (SSSR count). The molecular weight excluding hydrogens is 136 g/mol. The van der Waals surface area contributed by atoms with Gasteiger partial charge < -0.3 is 5.01 Å². The van der Waals surface area contributed by atoms with Crippen LogP contribution in [-0.2, 0) is 0 Å².